The molecule has 0 aliphatic heterocycles. The van der Waals surface area contributed by atoms with Gasteiger partial charge in [0, 0.05) is 12.1 Å². The fraction of sp³-hybridized carbons (Fsp3) is 0.375. The first-order valence-electron chi connectivity index (χ1n) is 6.93. The lowest BCUT2D eigenvalue weighted by Gasteiger charge is -2.21. The molecule has 0 unspecified atom stereocenters. The van der Waals surface area contributed by atoms with Crippen molar-refractivity contribution in [2.45, 2.75) is 33.1 Å². The van der Waals surface area contributed by atoms with Gasteiger partial charge in [0.25, 0.3) is 0 Å². The molecule has 0 atom stereocenters. The highest BCUT2D eigenvalue weighted by molar-refractivity contribution is 7.80. The normalized spacial score (nSPS) is 15.6. The molecule has 0 aromatic heterocycles. The number of rotatable bonds is 3. The number of hydrogen-bond acceptors (Lipinski definition) is 2. The van der Waals surface area contributed by atoms with Crippen LogP contribution in [0.5, 0.6) is 0 Å². The second kappa shape index (κ2) is 6.66. The molecule has 0 bridgehead atoms. The Balaban J connectivity index is 2.19. The first kappa shape index (κ1) is 14.7. The minimum absolute atomic E-state index is 0.536. The van der Waals surface area contributed by atoms with Gasteiger partial charge in [0.05, 0.1) is 5.71 Å². The first-order valence-corrected chi connectivity index (χ1v) is 7.34. The molecule has 0 heterocycles. The predicted molar refractivity (Wildman–Crippen MR) is 89.3 cm³/mol. The molecule has 0 spiro atoms. The zero-order chi connectivity index (χ0) is 14.5. The van der Waals surface area contributed by atoms with Crippen molar-refractivity contribution in [3.05, 3.63) is 47.0 Å². The fourth-order valence-corrected chi connectivity index (χ4v) is 2.72. The standard InChI is InChI=1S/C16H21N3S/c1-4-8-17-16(20)19-18-15-7-5-6-13-12(3)9-11(2)10-14(13)15/h4,9-10H,1,5-8H2,2-3H3,(H2,17,19,20). The Labute approximate surface area is 126 Å². The van der Waals surface area contributed by atoms with Gasteiger partial charge in [-0.1, -0.05) is 17.7 Å². The second-order valence-electron chi connectivity index (χ2n) is 5.13. The molecular weight excluding hydrogens is 266 g/mol. The highest BCUT2D eigenvalue weighted by Gasteiger charge is 2.17. The van der Waals surface area contributed by atoms with E-state index >= 15 is 0 Å². The molecule has 1 aromatic carbocycles. The quantitative estimate of drug-likeness (QED) is 0.510. The van der Waals surface area contributed by atoms with Crippen LogP contribution in [0.4, 0.5) is 0 Å². The maximum Gasteiger partial charge on any atom is 0.187 e. The molecule has 20 heavy (non-hydrogen) atoms. The van der Waals surface area contributed by atoms with Gasteiger partial charge in [-0.25, -0.2) is 0 Å². The monoisotopic (exact) mass is 287 g/mol. The Hall–Kier alpha value is -1.68. The average Bonchev–Trinajstić information content (AvgIpc) is 2.43. The molecule has 106 valence electrons. The highest BCUT2D eigenvalue weighted by atomic mass is 32.1. The third-order valence-corrected chi connectivity index (χ3v) is 3.70. The van der Waals surface area contributed by atoms with Gasteiger partial charge in [-0.05, 0) is 62.5 Å². The Morgan fingerprint density at radius 2 is 2.20 bits per heavy atom. The van der Waals surface area contributed by atoms with E-state index in [1.54, 1.807) is 6.08 Å². The van der Waals surface area contributed by atoms with E-state index in [0.29, 0.717) is 11.7 Å². The summed E-state index contributed by atoms with van der Waals surface area (Å²) in [5.41, 5.74) is 9.36. The molecule has 1 aliphatic rings. The summed E-state index contributed by atoms with van der Waals surface area (Å²) in [5, 5.41) is 8.04. The van der Waals surface area contributed by atoms with E-state index in [0.717, 1.165) is 25.0 Å². The summed E-state index contributed by atoms with van der Waals surface area (Å²) in [6.07, 6.45) is 5.04. The van der Waals surface area contributed by atoms with Crippen LogP contribution in [0.25, 0.3) is 0 Å². The van der Waals surface area contributed by atoms with Crippen LogP contribution in [0.2, 0.25) is 0 Å². The maximum absolute atomic E-state index is 5.16. The summed E-state index contributed by atoms with van der Waals surface area (Å²) in [7, 11) is 0. The summed E-state index contributed by atoms with van der Waals surface area (Å²) >= 11 is 5.16. The number of aryl methyl sites for hydroxylation is 2. The van der Waals surface area contributed by atoms with Crippen molar-refractivity contribution in [3.8, 4) is 0 Å². The summed E-state index contributed by atoms with van der Waals surface area (Å²) in [5.74, 6) is 0. The van der Waals surface area contributed by atoms with Gasteiger partial charge in [-0.3, -0.25) is 5.43 Å². The smallest absolute Gasteiger partial charge is 0.187 e. The van der Waals surface area contributed by atoms with Crippen LogP contribution in [0.15, 0.2) is 29.9 Å². The minimum Gasteiger partial charge on any atom is -0.358 e. The van der Waals surface area contributed by atoms with Gasteiger partial charge < -0.3 is 5.32 Å². The van der Waals surface area contributed by atoms with Gasteiger partial charge in [-0.15, -0.1) is 6.58 Å². The van der Waals surface area contributed by atoms with Crippen molar-refractivity contribution in [2.24, 2.45) is 5.10 Å². The Bertz CT molecular complexity index is 561. The topological polar surface area (TPSA) is 36.4 Å². The lowest BCUT2D eigenvalue weighted by Crippen LogP contribution is -2.33. The molecule has 0 saturated carbocycles. The Morgan fingerprint density at radius 1 is 1.40 bits per heavy atom. The zero-order valence-corrected chi connectivity index (χ0v) is 12.9. The van der Waals surface area contributed by atoms with E-state index in [9.17, 15) is 0 Å². The van der Waals surface area contributed by atoms with Gasteiger partial charge in [0.2, 0.25) is 0 Å². The van der Waals surface area contributed by atoms with Crippen molar-refractivity contribution in [3.63, 3.8) is 0 Å². The molecule has 1 aliphatic carbocycles. The van der Waals surface area contributed by atoms with E-state index in [1.165, 1.54) is 22.3 Å². The van der Waals surface area contributed by atoms with E-state index in [-0.39, 0.29) is 0 Å². The van der Waals surface area contributed by atoms with E-state index < -0.39 is 0 Å². The van der Waals surface area contributed by atoms with E-state index in [1.807, 2.05) is 0 Å². The lowest BCUT2D eigenvalue weighted by atomic mass is 9.86. The first-order chi connectivity index (χ1) is 9.61. The third-order valence-electron chi connectivity index (χ3n) is 3.47. The summed E-state index contributed by atoms with van der Waals surface area (Å²) < 4.78 is 0. The van der Waals surface area contributed by atoms with Crippen molar-refractivity contribution < 1.29 is 0 Å². The van der Waals surface area contributed by atoms with Crippen molar-refractivity contribution in [1.82, 2.24) is 10.7 Å². The molecule has 2 N–H and O–H groups in total. The molecule has 0 saturated heterocycles. The summed E-state index contributed by atoms with van der Waals surface area (Å²) in [4.78, 5) is 0. The molecular formula is C16H21N3S. The highest BCUT2D eigenvalue weighted by Crippen LogP contribution is 2.26. The molecule has 4 heteroatoms. The van der Waals surface area contributed by atoms with Crippen LogP contribution in [-0.4, -0.2) is 17.4 Å². The zero-order valence-electron chi connectivity index (χ0n) is 12.1. The van der Waals surface area contributed by atoms with Crippen molar-refractivity contribution in [2.75, 3.05) is 6.54 Å². The third kappa shape index (κ3) is 3.45. The van der Waals surface area contributed by atoms with Gasteiger partial charge in [-0.2, -0.15) is 5.10 Å². The minimum atomic E-state index is 0.536. The lowest BCUT2D eigenvalue weighted by molar-refractivity contribution is 0.818. The Kier molecular flexibility index (Phi) is 4.90. The SMILES string of the molecule is C=CCNC(=S)NN=C1CCCc2c(C)cc(C)cc21. The number of nitrogens with zero attached hydrogens (tertiary/aromatic N) is 1. The summed E-state index contributed by atoms with van der Waals surface area (Å²) in [6, 6.07) is 4.47. The molecule has 1 aromatic rings. The molecule has 0 amide bonds. The Morgan fingerprint density at radius 3 is 2.95 bits per heavy atom. The number of hydrazone groups is 1. The van der Waals surface area contributed by atoms with Gasteiger partial charge in [0.1, 0.15) is 0 Å². The molecule has 0 radical (unpaired) electrons. The van der Waals surface area contributed by atoms with Crippen LogP contribution in [0.1, 0.15) is 35.1 Å². The second-order valence-corrected chi connectivity index (χ2v) is 5.54. The van der Waals surface area contributed by atoms with Crippen LogP contribution in [0, 0.1) is 13.8 Å². The number of fused-ring (bicyclic) bond motifs is 1. The maximum atomic E-state index is 5.16. The van der Waals surface area contributed by atoms with Crippen LogP contribution in [0.3, 0.4) is 0 Å². The number of nitrogens with one attached hydrogen (secondary N) is 2. The molecule has 2 rings (SSSR count). The molecule has 3 nitrogen and oxygen atoms in total. The van der Waals surface area contributed by atoms with Gasteiger partial charge in [0.15, 0.2) is 5.11 Å². The number of thiocarbonyl (C=S) groups is 1. The number of benzene rings is 1. The molecule has 0 fully saturated rings. The van der Waals surface area contributed by atoms with Crippen molar-refractivity contribution >= 4 is 23.0 Å². The van der Waals surface area contributed by atoms with Crippen LogP contribution in [-0.2, 0) is 6.42 Å². The fourth-order valence-electron chi connectivity index (χ4n) is 2.59. The van der Waals surface area contributed by atoms with Crippen LogP contribution < -0.4 is 10.7 Å². The van der Waals surface area contributed by atoms with Crippen LogP contribution >= 0.6 is 12.2 Å². The number of hydrogen-bond donors (Lipinski definition) is 2. The van der Waals surface area contributed by atoms with Crippen molar-refractivity contribution in [1.29, 1.82) is 0 Å². The largest absolute Gasteiger partial charge is 0.358 e. The summed E-state index contributed by atoms with van der Waals surface area (Å²) in [6.45, 7) is 8.60. The average molecular weight is 287 g/mol. The predicted octanol–water partition coefficient (Wildman–Crippen LogP) is 2.99. The van der Waals surface area contributed by atoms with Gasteiger partial charge >= 0.3 is 0 Å². The van der Waals surface area contributed by atoms with E-state index in [2.05, 4.69) is 48.4 Å². The van der Waals surface area contributed by atoms with E-state index in [4.69, 9.17) is 12.2 Å².